The number of methoxy groups -OCH3 is 2. The van der Waals surface area contributed by atoms with Gasteiger partial charge in [0.05, 0.1) is 32.1 Å². The molecule has 0 atom stereocenters. The molecular formula is C19H21BrN2O4. The van der Waals surface area contributed by atoms with E-state index in [1.54, 1.807) is 37.4 Å². The van der Waals surface area contributed by atoms with E-state index in [0.29, 0.717) is 22.8 Å². The number of carbonyl (C=O) groups excluding carboxylic acids is 1. The molecule has 0 bridgehead atoms. The van der Waals surface area contributed by atoms with Gasteiger partial charge in [0, 0.05) is 4.47 Å². The Kier molecular flexibility index (Phi) is 7.03. The van der Waals surface area contributed by atoms with E-state index in [1.165, 1.54) is 13.3 Å². The molecule has 2 aromatic carbocycles. The molecule has 138 valence electrons. The van der Waals surface area contributed by atoms with Crippen LogP contribution < -0.4 is 19.6 Å². The summed E-state index contributed by atoms with van der Waals surface area (Å²) in [7, 11) is 3.08. The third kappa shape index (κ3) is 5.23. The van der Waals surface area contributed by atoms with Crippen LogP contribution in [0.25, 0.3) is 0 Å². The first-order valence-corrected chi connectivity index (χ1v) is 8.75. The van der Waals surface area contributed by atoms with Gasteiger partial charge in [-0.3, -0.25) is 4.79 Å². The van der Waals surface area contributed by atoms with Crippen LogP contribution in [0.4, 0.5) is 0 Å². The van der Waals surface area contributed by atoms with Gasteiger partial charge >= 0.3 is 0 Å². The summed E-state index contributed by atoms with van der Waals surface area (Å²) in [6.45, 7) is 3.89. The zero-order valence-corrected chi connectivity index (χ0v) is 16.7. The molecule has 0 aliphatic rings. The number of hydrogen-bond donors (Lipinski definition) is 1. The minimum absolute atomic E-state index is 0.0443. The van der Waals surface area contributed by atoms with Crippen molar-refractivity contribution in [3.63, 3.8) is 0 Å². The molecule has 0 spiro atoms. The van der Waals surface area contributed by atoms with Gasteiger partial charge < -0.3 is 14.2 Å². The van der Waals surface area contributed by atoms with Crippen LogP contribution >= 0.6 is 15.9 Å². The zero-order valence-electron chi connectivity index (χ0n) is 15.1. The molecule has 2 rings (SSSR count). The van der Waals surface area contributed by atoms with E-state index in [1.807, 2.05) is 19.9 Å². The monoisotopic (exact) mass is 420 g/mol. The van der Waals surface area contributed by atoms with Gasteiger partial charge in [-0.05, 0) is 55.8 Å². The summed E-state index contributed by atoms with van der Waals surface area (Å²) in [4.78, 5) is 12.3. The Balaban J connectivity index is 2.11. The van der Waals surface area contributed by atoms with Crippen molar-refractivity contribution in [2.45, 2.75) is 20.0 Å². The Labute approximate surface area is 161 Å². The van der Waals surface area contributed by atoms with Gasteiger partial charge in [-0.1, -0.05) is 15.9 Å². The molecule has 26 heavy (non-hydrogen) atoms. The second-order valence-corrected chi connectivity index (χ2v) is 6.54. The largest absolute Gasteiger partial charge is 0.496 e. The standard InChI is InChI=1S/C19H21BrN2O4/c1-12(2)26-17-7-5-13(9-18(17)25-4)11-21-22-19(23)15-10-14(20)6-8-16(15)24-3/h5-12H,1-4H3,(H,22,23)/b21-11-. The van der Waals surface area contributed by atoms with Crippen LogP contribution in [0.5, 0.6) is 17.2 Å². The highest BCUT2D eigenvalue weighted by Gasteiger charge is 2.12. The third-order valence-electron chi connectivity index (χ3n) is 3.34. The molecule has 2 aromatic rings. The Morgan fingerprint density at radius 1 is 1.08 bits per heavy atom. The van der Waals surface area contributed by atoms with Crippen LogP contribution in [0.1, 0.15) is 29.8 Å². The number of ether oxygens (including phenoxy) is 3. The highest BCUT2D eigenvalue weighted by atomic mass is 79.9. The van der Waals surface area contributed by atoms with Crippen LogP contribution in [-0.4, -0.2) is 32.4 Å². The fraction of sp³-hybridized carbons (Fsp3) is 0.263. The van der Waals surface area contributed by atoms with Crippen LogP contribution in [0.3, 0.4) is 0 Å². The molecule has 0 aliphatic carbocycles. The molecular weight excluding hydrogens is 400 g/mol. The molecule has 0 aromatic heterocycles. The maximum atomic E-state index is 12.3. The Morgan fingerprint density at radius 2 is 1.77 bits per heavy atom. The van der Waals surface area contributed by atoms with Crippen molar-refractivity contribution in [1.82, 2.24) is 5.43 Å². The van der Waals surface area contributed by atoms with E-state index in [4.69, 9.17) is 14.2 Å². The predicted octanol–water partition coefficient (Wildman–Crippen LogP) is 4.02. The summed E-state index contributed by atoms with van der Waals surface area (Å²) >= 11 is 3.34. The summed E-state index contributed by atoms with van der Waals surface area (Å²) in [5.41, 5.74) is 3.64. The Bertz CT molecular complexity index is 806. The predicted molar refractivity (Wildman–Crippen MR) is 105 cm³/mol. The summed E-state index contributed by atoms with van der Waals surface area (Å²) in [5, 5.41) is 4.00. The molecule has 0 fully saturated rings. The van der Waals surface area contributed by atoms with E-state index in [-0.39, 0.29) is 12.0 Å². The van der Waals surface area contributed by atoms with Crippen LogP contribution in [0, 0.1) is 0 Å². The van der Waals surface area contributed by atoms with Gasteiger partial charge in [0.2, 0.25) is 0 Å². The first-order valence-electron chi connectivity index (χ1n) is 7.96. The smallest absolute Gasteiger partial charge is 0.275 e. The van der Waals surface area contributed by atoms with Gasteiger partial charge in [-0.15, -0.1) is 0 Å². The van der Waals surface area contributed by atoms with Crippen LogP contribution in [0.15, 0.2) is 46.0 Å². The summed E-state index contributed by atoms with van der Waals surface area (Å²) in [6, 6.07) is 10.6. The number of rotatable bonds is 7. The van der Waals surface area contributed by atoms with Gasteiger partial charge in [-0.2, -0.15) is 5.10 Å². The average Bonchev–Trinajstić information content (AvgIpc) is 2.62. The van der Waals surface area contributed by atoms with Crippen molar-refractivity contribution in [1.29, 1.82) is 0 Å². The van der Waals surface area contributed by atoms with E-state index in [9.17, 15) is 4.79 Å². The number of nitrogens with zero attached hydrogens (tertiary/aromatic N) is 1. The maximum Gasteiger partial charge on any atom is 0.275 e. The lowest BCUT2D eigenvalue weighted by Gasteiger charge is -2.13. The molecule has 7 heteroatoms. The van der Waals surface area contributed by atoms with Gasteiger partial charge in [0.15, 0.2) is 11.5 Å². The second kappa shape index (κ2) is 9.24. The van der Waals surface area contributed by atoms with E-state index >= 15 is 0 Å². The molecule has 0 saturated carbocycles. The van der Waals surface area contributed by atoms with Gasteiger partial charge in [0.25, 0.3) is 5.91 Å². The first-order chi connectivity index (χ1) is 12.4. The molecule has 0 aliphatic heterocycles. The molecule has 1 amide bonds. The SMILES string of the molecule is COc1cc(/C=N\NC(=O)c2cc(Br)ccc2OC)ccc1OC(C)C. The number of nitrogens with one attached hydrogen (secondary N) is 1. The number of amides is 1. The van der Waals surface area contributed by atoms with E-state index < -0.39 is 0 Å². The Morgan fingerprint density at radius 3 is 2.42 bits per heavy atom. The fourth-order valence-electron chi connectivity index (χ4n) is 2.20. The van der Waals surface area contributed by atoms with Crippen molar-refractivity contribution in [3.8, 4) is 17.2 Å². The molecule has 6 nitrogen and oxygen atoms in total. The highest BCUT2D eigenvalue weighted by molar-refractivity contribution is 9.10. The van der Waals surface area contributed by atoms with Crippen molar-refractivity contribution < 1.29 is 19.0 Å². The minimum atomic E-state index is -0.369. The lowest BCUT2D eigenvalue weighted by Crippen LogP contribution is -2.18. The molecule has 0 saturated heterocycles. The number of carbonyl (C=O) groups is 1. The molecule has 1 N–H and O–H groups in total. The van der Waals surface area contributed by atoms with Crippen LogP contribution in [-0.2, 0) is 0 Å². The second-order valence-electron chi connectivity index (χ2n) is 5.62. The quantitative estimate of drug-likeness (QED) is 0.542. The maximum absolute atomic E-state index is 12.3. The van der Waals surface area contributed by atoms with Crippen molar-refractivity contribution >= 4 is 28.1 Å². The van der Waals surface area contributed by atoms with E-state index in [2.05, 4.69) is 26.5 Å². The van der Waals surface area contributed by atoms with Crippen molar-refractivity contribution in [3.05, 3.63) is 52.0 Å². The fourth-order valence-corrected chi connectivity index (χ4v) is 2.56. The number of halogens is 1. The average molecular weight is 421 g/mol. The summed E-state index contributed by atoms with van der Waals surface area (Å²) in [5.74, 6) is 1.36. The Hall–Kier alpha value is -2.54. The lowest BCUT2D eigenvalue weighted by molar-refractivity contribution is 0.0952. The number of hydrogen-bond acceptors (Lipinski definition) is 5. The first kappa shape index (κ1) is 19.8. The van der Waals surface area contributed by atoms with Crippen LogP contribution in [0.2, 0.25) is 0 Å². The minimum Gasteiger partial charge on any atom is -0.496 e. The highest BCUT2D eigenvalue weighted by Crippen LogP contribution is 2.28. The third-order valence-corrected chi connectivity index (χ3v) is 3.83. The number of hydrazone groups is 1. The number of benzene rings is 2. The van der Waals surface area contributed by atoms with Crippen molar-refractivity contribution in [2.75, 3.05) is 14.2 Å². The molecule has 0 radical (unpaired) electrons. The van der Waals surface area contributed by atoms with E-state index in [0.717, 1.165) is 10.0 Å². The van der Waals surface area contributed by atoms with Gasteiger partial charge in [-0.25, -0.2) is 5.43 Å². The topological polar surface area (TPSA) is 69.2 Å². The summed E-state index contributed by atoms with van der Waals surface area (Å²) < 4.78 is 17.0. The zero-order chi connectivity index (χ0) is 19.1. The summed E-state index contributed by atoms with van der Waals surface area (Å²) in [6.07, 6.45) is 1.58. The molecule has 0 heterocycles. The molecule has 0 unspecified atom stereocenters. The van der Waals surface area contributed by atoms with Crippen molar-refractivity contribution in [2.24, 2.45) is 5.10 Å². The lowest BCUT2D eigenvalue weighted by atomic mass is 10.2. The van der Waals surface area contributed by atoms with Gasteiger partial charge in [0.1, 0.15) is 5.75 Å². The normalized spacial score (nSPS) is 10.8.